The summed E-state index contributed by atoms with van der Waals surface area (Å²) in [6.07, 6.45) is 4.26. The smallest absolute Gasteiger partial charge is 0.255 e. The van der Waals surface area contributed by atoms with Crippen LogP contribution in [0.15, 0.2) is 79.1 Å². The number of carbonyl (C=O) groups excluding carboxylic acids is 1. The molecule has 45 heavy (non-hydrogen) atoms. The van der Waals surface area contributed by atoms with Gasteiger partial charge in [0.1, 0.15) is 23.0 Å². The molecule has 5 aromatic rings. The highest BCUT2D eigenvalue weighted by molar-refractivity contribution is 6.05. The molecule has 0 saturated carbocycles. The monoisotopic (exact) mass is 605 g/mol. The maximum absolute atomic E-state index is 13.1. The Morgan fingerprint density at radius 3 is 2.33 bits per heavy atom. The van der Waals surface area contributed by atoms with E-state index >= 15 is 0 Å². The molecule has 9 heteroatoms. The summed E-state index contributed by atoms with van der Waals surface area (Å²) in [5, 5.41) is 25.1. The first-order valence-electron chi connectivity index (χ1n) is 15.3. The molecule has 0 unspecified atom stereocenters. The second kappa shape index (κ2) is 13.0. The molecule has 1 aliphatic rings. The van der Waals surface area contributed by atoms with Crippen molar-refractivity contribution in [3.05, 3.63) is 95.9 Å². The van der Waals surface area contributed by atoms with Crippen LogP contribution in [0.2, 0.25) is 0 Å². The lowest BCUT2D eigenvalue weighted by Gasteiger charge is -2.32. The van der Waals surface area contributed by atoms with Crippen molar-refractivity contribution in [3.8, 4) is 34.1 Å². The van der Waals surface area contributed by atoms with Crippen LogP contribution in [0.1, 0.15) is 28.0 Å². The number of carbonyl (C=O) groups is 1. The lowest BCUT2D eigenvalue weighted by molar-refractivity contribution is 0.102. The zero-order valence-corrected chi connectivity index (χ0v) is 26.0. The van der Waals surface area contributed by atoms with E-state index in [1.807, 2.05) is 12.1 Å². The number of aromatic nitrogens is 2. The number of aromatic hydroxyl groups is 2. The number of fused-ring (bicyclic) bond motifs is 1. The molecule has 2 aromatic heterocycles. The summed E-state index contributed by atoms with van der Waals surface area (Å²) in [5.41, 5.74) is 5.24. The number of piperazine rings is 1. The Hall–Kier alpha value is -4.86. The second-order valence-corrected chi connectivity index (χ2v) is 11.7. The standard InChI is InChI=1S/C36H39N5O4/c1-24-25(2)41(15-5-14-40-18-16-39(3)17-19-40)32-9-8-30(23-31(24)32)45-29-7-4-6-27(20-29)36(44)38-28-21-33(42)35(34(43)22-28)26-10-12-37-13-11-26/h4,6-13,20-23,42-43H,5,14-19H2,1-3H3,(H,38,44). The van der Waals surface area contributed by atoms with Crippen LogP contribution in [-0.4, -0.2) is 75.2 Å². The van der Waals surface area contributed by atoms with Crippen LogP contribution < -0.4 is 10.1 Å². The summed E-state index contributed by atoms with van der Waals surface area (Å²) in [4.78, 5) is 22.0. The Morgan fingerprint density at radius 1 is 0.889 bits per heavy atom. The van der Waals surface area contributed by atoms with E-state index in [9.17, 15) is 15.0 Å². The minimum Gasteiger partial charge on any atom is -0.507 e. The fourth-order valence-corrected chi connectivity index (χ4v) is 6.04. The Bertz CT molecular complexity index is 1800. The van der Waals surface area contributed by atoms with Crippen molar-refractivity contribution in [2.24, 2.45) is 0 Å². The number of nitrogens with zero attached hydrogens (tertiary/aromatic N) is 4. The van der Waals surface area contributed by atoms with Crippen molar-refractivity contribution < 1.29 is 19.7 Å². The Balaban J connectivity index is 1.13. The molecule has 0 bridgehead atoms. The van der Waals surface area contributed by atoms with Crippen molar-refractivity contribution in [2.75, 3.05) is 45.1 Å². The van der Waals surface area contributed by atoms with Crippen molar-refractivity contribution in [3.63, 3.8) is 0 Å². The van der Waals surface area contributed by atoms with Gasteiger partial charge in [-0.25, -0.2) is 0 Å². The average molecular weight is 606 g/mol. The third-order valence-electron chi connectivity index (χ3n) is 8.72. The summed E-state index contributed by atoms with van der Waals surface area (Å²) >= 11 is 0. The van der Waals surface area contributed by atoms with Gasteiger partial charge in [-0.05, 0) is 93.5 Å². The highest BCUT2D eigenvalue weighted by Crippen LogP contribution is 2.39. The molecular weight excluding hydrogens is 566 g/mol. The number of phenols is 2. The van der Waals surface area contributed by atoms with Gasteiger partial charge in [0.15, 0.2) is 0 Å². The van der Waals surface area contributed by atoms with E-state index < -0.39 is 5.91 Å². The SMILES string of the molecule is Cc1c(C)n(CCCN2CCN(C)CC2)c2ccc(Oc3cccc(C(=O)Nc4cc(O)c(-c5ccncc5)c(O)c4)c3)cc12. The lowest BCUT2D eigenvalue weighted by Crippen LogP contribution is -2.44. The number of anilines is 1. The number of likely N-dealkylation sites (N-methyl/N-ethyl adjacent to an activating group) is 1. The summed E-state index contributed by atoms with van der Waals surface area (Å²) in [5.74, 6) is 0.518. The number of amides is 1. The van der Waals surface area contributed by atoms with Gasteiger partial charge < -0.3 is 34.6 Å². The number of hydrogen-bond acceptors (Lipinski definition) is 7. The molecule has 0 aliphatic carbocycles. The lowest BCUT2D eigenvalue weighted by atomic mass is 10.0. The molecule has 6 rings (SSSR count). The first-order chi connectivity index (χ1) is 21.8. The third-order valence-corrected chi connectivity index (χ3v) is 8.72. The van der Waals surface area contributed by atoms with Gasteiger partial charge in [-0.2, -0.15) is 0 Å². The zero-order chi connectivity index (χ0) is 31.5. The van der Waals surface area contributed by atoms with E-state index in [1.165, 1.54) is 28.9 Å². The highest BCUT2D eigenvalue weighted by atomic mass is 16.5. The first kappa shape index (κ1) is 30.2. The van der Waals surface area contributed by atoms with E-state index in [0.29, 0.717) is 22.6 Å². The summed E-state index contributed by atoms with van der Waals surface area (Å²) in [6.45, 7) is 11.0. The predicted octanol–water partition coefficient (Wildman–Crippen LogP) is 6.41. The molecule has 1 saturated heterocycles. The fraction of sp³-hybridized carbons (Fsp3) is 0.278. The molecule has 1 fully saturated rings. The molecule has 0 radical (unpaired) electrons. The second-order valence-electron chi connectivity index (χ2n) is 11.7. The average Bonchev–Trinajstić information content (AvgIpc) is 3.26. The van der Waals surface area contributed by atoms with Gasteiger partial charge in [-0.3, -0.25) is 9.78 Å². The van der Waals surface area contributed by atoms with Gasteiger partial charge in [-0.15, -0.1) is 0 Å². The summed E-state index contributed by atoms with van der Waals surface area (Å²) in [7, 11) is 2.19. The van der Waals surface area contributed by atoms with E-state index in [-0.39, 0.29) is 22.7 Å². The number of pyridine rings is 1. The quantitative estimate of drug-likeness (QED) is 0.178. The molecule has 3 heterocycles. The number of hydrogen-bond donors (Lipinski definition) is 3. The highest BCUT2D eigenvalue weighted by Gasteiger charge is 2.17. The van der Waals surface area contributed by atoms with Crippen LogP contribution in [0.5, 0.6) is 23.0 Å². The predicted molar refractivity (Wildman–Crippen MR) is 177 cm³/mol. The van der Waals surface area contributed by atoms with Crippen LogP contribution in [0, 0.1) is 13.8 Å². The third kappa shape index (κ3) is 6.64. The molecule has 1 amide bonds. The largest absolute Gasteiger partial charge is 0.507 e. The number of ether oxygens (including phenoxy) is 1. The summed E-state index contributed by atoms with van der Waals surface area (Å²) < 4.78 is 8.63. The van der Waals surface area contributed by atoms with Crippen molar-refractivity contribution in [2.45, 2.75) is 26.8 Å². The molecule has 9 nitrogen and oxygen atoms in total. The number of benzene rings is 3. The van der Waals surface area contributed by atoms with Crippen LogP contribution in [0.25, 0.3) is 22.0 Å². The van der Waals surface area contributed by atoms with Crippen LogP contribution in [0.3, 0.4) is 0 Å². The molecule has 3 N–H and O–H groups in total. The number of nitrogens with one attached hydrogen (secondary N) is 1. The number of phenolic OH excluding ortho intramolecular Hbond substituents is 2. The molecular formula is C36H39N5O4. The zero-order valence-electron chi connectivity index (χ0n) is 26.0. The van der Waals surface area contributed by atoms with Gasteiger partial charge in [0, 0.05) is 85.1 Å². The Kier molecular flexibility index (Phi) is 8.73. The maximum atomic E-state index is 13.1. The van der Waals surface area contributed by atoms with Crippen molar-refractivity contribution in [1.82, 2.24) is 19.4 Å². The number of aryl methyl sites for hydroxylation is 2. The molecule has 0 spiro atoms. The molecule has 3 aromatic carbocycles. The number of rotatable bonds is 9. The maximum Gasteiger partial charge on any atom is 0.255 e. The van der Waals surface area contributed by atoms with E-state index in [2.05, 4.69) is 57.7 Å². The topological polar surface area (TPSA) is 103 Å². The van der Waals surface area contributed by atoms with Gasteiger partial charge in [0.05, 0.1) is 5.56 Å². The first-order valence-corrected chi connectivity index (χ1v) is 15.3. The van der Waals surface area contributed by atoms with Gasteiger partial charge in [0.2, 0.25) is 0 Å². The molecule has 1 aliphatic heterocycles. The fourth-order valence-electron chi connectivity index (χ4n) is 6.04. The van der Waals surface area contributed by atoms with Crippen LogP contribution >= 0.6 is 0 Å². The normalized spacial score (nSPS) is 14.1. The van der Waals surface area contributed by atoms with Crippen molar-refractivity contribution >= 4 is 22.5 Å². The van der Waals surface area contributed by atoms with Gasteiger partial charge in [0.25, 0.3) is 5.91 Å². The summed E-state index contributed by atoms with van der Waals surface area (Å²) in [6, 6.07) is 19.3. The van der Waals surface area contributed by atoms with Crippen LogP contribution in [0.4, 0.5) is 5.69 Å². The van der Waals surface area contributed by atoms with Crippen molar-refractivity contribution in [1.29, 1.82) is 0 Å². The molecule has 0 atom stereocenters. The van der Waals surface area contributed by atoms with E-state index in [0.717, 1.165) is 51.1 Å². The van der Waals surface area contributed by atoms with Gasteiger partial charge >= 0.3 is 0 Å². The van der Waals surface area contributed by atoms with Crippen LogP contribution in [-0.2, 0) is 6.54 Å². The van der Waals surface area contributed by atoms with E-state index in [1.54, 1.807) is 42.7 Å². The van der Waals surface area contributed by atoms with Gasteiger partial charge in [-0.1, -0.05) is 6.07 Å². The van der Waals surface area contributed by atoms with E-state index in [4.69, 9.17) is 4.74 Å². The Morgan fingerprint density at radius 2 is 1.60 bits per heavy atom. The minimum atomic E-state index is -0.397. The molecule has 232 valence electrons. The Labute approximate surface area is 263 Å². The minimum absolute atomic E-state index is 0.154.